The van der Waals surface area contributed by atoms with Gasteiger partial charge in [0.15, 0.2) is 0 Å². The molecule has 0 aliphatic carbocycles. The van der Waals surface area contributed by atoms with Gasteiger partial charge in [0.05, 0.1) is 12.5 Å². The number of hydrogen-bond acceptors (Lipinski definition) is 4. The molecule has 0 aromatic heterocycles. The lowest BCUT2D eigenvalue weighted by molar-refractivity contribution is -0.162. The van der Waals surface area contributed by atoms with Crippen molar-refractivity contribution in [3.05, 3.63) is 0 Å². The van der Waals surface area contributed by atoms with Crippen LogP contribution in [0.5, 0.6) is 0 Å². The maximum absolute atomic E-state index is 11.2. The van der Waals surface area contributed by atoms with Crippen LogP contribution in [0.15, 0.2) is 0 Å². The highest BCUT2D eigenvalue weighted by Crippen LogP contribution is 2.13. The molecule has 1 saturated heterocycles. The normalized spacial score (nSPS) is 20.7. The Balaban J connectivity index is 0. The van der Waals surface area contributed by atoms with Crippen molar-refractivity contribution in [3.63, 3.8) is 0 Å². The lowest BCUT2D eigenvalue weighted by atomic mass is 10.1. The first-order valence-electron chi connectivity index (χ1n) is 4.52. The van der Waals surface area contributed by atoms with Gasteiger partial charge in [0, 0.05) is 6.42 Å². The topological polar surface area (TPSA) is 52.6 Å². The molecule has 15 heavy (non-hydrogen) atoms. The summed E-state index contributed by atoms with van der Waals surface area (Å²) in [4.78, 5) is 22.2. The Bertz CT molecular complexity index is 213. The van der Waals surface area contributed by atoms with Gasteiger partial charge in [0.25, 0.3) is 0 Å². The second-order valence-corrected chi connectivity index (χ2v) is 3.19. The molecular weight excluding hydrogens is 196 g/mol. The molecule has 90 valence electrons. The van der Waals surface area contributed by atoms with E-state index >= 15 is 0 Å². The Labute approximate surface area is 91.9 Å². The number of esters is 2. The molecule has 0 radical (unpaired) electrons. The highest BCUT2D eigenvalue weighted by Gasteiger charge is 2.31. The average molecular weight is 218 g/mol. The summed E-state index contributed by atoms with van der Waals surface area (Å²) in [6.07, 6.45) is 0.545. The first-order chi connectivity index (χ1) is 6.15. The van der Waals surface area contributed by atoms with Gasteiger partial charge in [-0.05, 0) is 6.42 Å². The Hall–Kier alpha value is -1.06. The van der Waals surface area contributed by atoms with E-state index in [1.807, 2.05) is 6.92 Å². The minimum absolute atomic E-state index is 0. The molecule has 0 bridgehead atoms. The number of rotatable bonds is 3. The van der Waals surface area contributed by atoms with Crippen molar-refractivity contribution in [2.75, 3.05) is 6.61 Å². The van der Waals surface area contributed by atoms with Crippen LogP contribution in [-0.2, 0) is 19.1 Å². The first kappa shape index (κ1) is 16.4. The van der Waals surface area contributed by atoms with Crippen molar-refractivity contribution in [3.8, 4) is 0 Å². The quantitative estimate of drug-likeness (QED) is 0.681. The average Bonchev–Trinajstić information content (AvgIpc) is 2.50. The van der Waals surface area contributed by atoms with Gasteiger partial charge in [-0.25, -0.2) is 4.79 Å². The van der Waals surface area contributed by atoms with Gasteiger partial charge in [0.2, 0.25) is 6.10 Å². The van der Waals surface area contributed by atoms with E-state index in [1.165, 1.54) is 0 Å². The van der Waals surface area contributed by atoms with Crippen molar-refractivity contribution in [1.29, 1.82) is 0 Å². The first-order valence-corrected chi connectivity index (χ1v) is 4.52. The maximum atomic E-state index is 11.2. The molecule has 0 spiro atoms. The van der Waals surface area contributed by atoms with E-state index in [-0.39, 0.29) is 26.7 Å². The highest BCUT2D eigenvalue weighted by molar-refractivity contribution is 5.81. The summed E-state index contributed by atoms with van der Waals surface area (Å²) < 4.78 is 9.63. The summed E-state index contributed by atoms with van der Waals surface area (Å²) in [7, 11) is 0. The molecule has 0 amide bonds. The lowest BCUT2D eigenvalue weighted by Crippen LogP contribution is -2.25. The van der Waals surface area contributed by atoms with Crippen LogP contribution in [0, 0.1) is 5.92 Å². The third-order valence-electron chi connectivity index (χ3n) is 2.16. The fraction of sp³-hybridized carbons (Fsp3) is 0.818. The van der Waals surface area contributed by atoms with Gasteiger partial charge < -0.3 is 9.47 Å². The van der Waals surface area contributed by atoms with Crippen LogP contribution < -0.4 is 0 Å². The van der Waals surface area contributed by atoms with E-state index < -0.39 is 12.1 Å². The van der Waals surface area contributed by atoms with E-state index in [4.69, 9.17) is 4.74 Å². The molecular formula is C11H22O4. The van der Waals surface area contributed by atoms with Crippen molar-refractivity contribution in [1.82, 2.24) is 0 Å². The van der Waals surface area contributed by atoms with Crippen LogP contribution in [-0.4, -0.2) is 24.6 Å². The van der Waals surface area contributed by atoms with E-state index in [2.05, 4.69) is 4.74 Å². The van der Waals surface area contributed by atoms with Crippen LogP contribution in [0.2, 0.25) is 0 Å². The third kappa shape index (κ3) is 4.32. The zero-order chi connectivity index (χ0) is 9.84. The summed E-state index contributed by atoms with van der Waals surface area (Å²) in [5, 5.41) is 0. The lowest BCUT2D eigenvalue weighted by Gasteiger charge is -2.11. The van der Waals surface area contributed by atoms with Crippen LogP contribution in [0.3, 0.4) is 0 Å². The van der Waals surface area contributed by atoms with Crippen LogP contribution in [0.1, 0.15) is 41.5 Å². The molecule has 2 atom stereocenters. The van der Waals surface area contributed by atoms with E-state index in [1.54, 1.807) is 6.92 Å². The Morgan fingerprint density at radius 1 is 1.60 bits per heavy atom. The van der Waals surface area contributed by atoms with Gasteiger partial charge in [-0.2, -0.15) is 0 Å². The monoisotopic (exact) mass is 218 g/mol. The molecule has 0 N–H and O–H groups in total. The molecule has 0 saturated carbocycles. The molecule has 2 unspecified atom stereocenters. The molecule has 4 nitrogen and oxygen atoms in total. The van der Waals surface area contributed by atoms with Gasteiger partial charge in [0.1, 0.15) is 0 Å². The Kier molecular flexibility index (Phi) is 7.92. The smallest absolute Gasteiger partial charge is 0.347 e. The molecule has 0 aromatic carbocycles. The maximum Gasteiger partial charge on any atom is 0.347 e. The van der Waals surface area contributed by atoms with Gasteiger partial charge >= 0.3 is 11.9 Å². The minimum Gasteiger partial charge on any atom is -0.463 e. The van der Waals surface area contributed by atoms with Crippen LogP contribution in [0.25, 0.3) is 0 Å². The van der Waals surface area contributed by atoms with Gasteiger partial charge in [-0.15, -0.1) is 0 Å². The van der Waals surface area contributed by atoms with E-state index in [0.717, 1.165) is 6.42 Å². The van der Waals surface area contributed by atoms with Crippen molar-refractivity contribution < 1.29 is 19.1 Å². The van der Waals surface area contributed by atoms with Gasteiger partial charge in [-0.3, -0.25) is 4.79 Å². The molecule has 4 heteroatoms. The Morgan fingerprint density at radius 2 is 2.20 bits per heavy atom. The number of ether oxygens (including phenoxy) is 2. The number of hydrogen-bond donors (Lipinski definition) is 0. The zero-order valence-corrected chi connectivity index (χ0v) is 7.91. The van der Waals surface area contributed by atoms with Crippen molar-refractivity contribution >= 4 is 11.9 Å². The number of cyclic esters (lactones) is 1. The molecule has 1 aliphatic rings. The SMILES string of the molecule is C.C.CCC(C)C(=O)OC1CCOC1=O. The molecule has 1 fully saturated rings. The summed E-state index contributed by atoms with van der Waals surface area (Å²) >= 11 is 0. The Morgan fingerprint density at radius 3 is 2.60 bits per heavy atom. The largest absolute Gasteiger partial charge is 0.463 e. The van der Waals surface area contributed by atoms with Crippen molar-refractivity contribution in [2.45, 2.75) is 47.6 Å². The predicted octanol–water partition coefficient (Wildman–Crippen LogP) is 2.16. The minimum atomic E-state index is -0.665. The fourth-order valence-electron chi connectivity index (χ4n) is 1.01. The summed E-state index contributed by atoms with van der Waals surface area (Å²) in [5.41, 5.74) is 0. The van der Waals surface area contributed by atoms with Crippen molar-refractivity contribution in [2.24, 2.45) is 5.92 Å². The third-order valence-corrected chi connectivity index (χ3v) is 2.16. The second kappa shape index (κ2) is 7.26. The van der Waals surface area contributed by atoms with Crippen LogP contribution >= 0.6 is 0 Å². The second-order valence-electron chi connectivity index (χ2n) is 3.19. The standard InChI is InChI=1S/C9H14O4.2CH4/c1-3-6(2)8(10)13-7-4-5-12-9(7)11;;/h6-7H,3-5H2,1-2H3;2*1H4. The molecule has 1 aliphatic heterocycles. The number of carbonyl (C=O) groups is 2. The predicted molar refractivity (Wildman–Crippen MR) is 58.4 cm³/mol. The van der Waals surface area contributed by atoms with Gasteiger partial charge in [-0.1, -0.05) is 28.7 Å². The van der Waals surface area contributed by atoms with Crippen LogP contribution in [0.4, 0.5) is 0 Å². The zero-order valence-electron chi connectivity index (χ0n) is 7.91. The highest BCUT2D eigenvalue weighted by atomic mass is 16.6. The summed E-state index contributed by atoms with van der Waals surface area (Å²) in [5.74, 6) is -0.878. The molecule has 1 rings (SSSR count). The molecule has 0 aromatic rings. The van der Waals surface area contributed by atoms with E-state index in [0.29, 0.717) is 13.0 Å². The summed E-state index contributed by atoms with van der Waals surface area (Å²) in [6.45, 7) is 4.04. The van der Waals surface area contributed by atoms with E-state index in [9.17, 15) is 9.59 Å². The number of carbonyl (C=O) groups excluding carboxylic acids is 2. The summed E-state index contributed by atoms with van der Waals surface area (Å²) in [6, 6.07) is 0. The fourth-order valence-corrected chi connectivity index (χ4v) is 1.01. The molecule has 1 heterocycles.